The predicted molar refractivity (Wildman–Crippen MR) is 100.0 cm³/mol. The molecule has 120 valence electrons. The van der Waals surface area contributed by atoms with E-state index >= 15 is 0 Å². The quantitative estimate of drug-likeness (QED) is 0.499. The molecule has 2 N–H and O–H groups in total. The van der Waals surface area contributed by atoms with Crippen LogP contribution in [0.5, 0.6) is 0 Å². The summed E-state index contributed by atoms with van der Waals surface area (Å²) in [4.78, 5) is 6.78. The average molecular weight is 308 g/mol. The highest BCUT2D eigenvalue weighted by Crippen LogP contribution is 2.28. The molecule has 0 spiro atoms. The van der Waals surface area contributed by atoms with E-state index in [-0.39, 0.29) is 0 Å². The topological polar surface area (TPSA) is 39.7 Å². The van der Waals surface area contributed by atoms with Crippen molar-refractivity contribution in [1.82, 2.24) is 5.32 Å². The van der Waals surface area contributed by atoms with E-state index in [0.717, 1.165) is 43.3 Å². The molecule has 0 bridgehead atoms. The van der Waals surface area contributed by atoms with Gasteiger partial charge in [-0.25, -0.2) is 4.99 Å². The number of para-hydroxylation sites is 2. The van der Waals surface area contributed by atoms with Gasteiger partial charge in [0, 0.05) is 26.2 Å². The van der Waals surface area contributed by atoms with E-state index in [1.54, 1.807) is 0 Å². The standard InChI is InChI=1S/C19H24N4/c1-5-15(3)21-17(6-2)16(4)22-18-9-7-8-10-19(18)23-13-11-20-12-14-23/h1,6-10,20,22H,4,11-14H2,2-3H3/b17-6-,21-15+. The summed E-state index contributed by atoms with van der Waals surface area (Å²) >= 11 is 0. The molecule has 1 aromatic rings. The van der Waals surface area contributed by atoms with Gasteiger partial charge in [0.1, 0.15) is 0 Å². The monoisotopic (exact) mass is 308 g/mol. The molecule has 1 aromatic carbocycles. The molecule has 0 aromatic heterocycles. The molecule has 23 heavy (non-hydrogen) atoms. The third-order valence-corrected chi connectivity index (χ3v) is 3.73. The van der Waals surface area contributed by atoms with Crippen LogP contribution in [-0.4, -0.2) is 31.9 Å². The maximum Gasteiger partial charge on any atom is 0.0873 e. The number of nitrogens with zero attached hydrogens (tertiary/aromatic N) is 2. The number of aliphatic imine (C=N–C) groups is 1. The van der Waals surface area contributed by atoms with E-state index in [4.69, 9.17) is 6.42 Å². The molecule has 0 amide bonds. The van der Waals surface area contributed by atoms with Crippen LogP contribution in [0.1, 0.15) is 13.8 Å². The minimum Gasteiger partial charge on any atom is -0.367 e. The molecule has 0 saturated carbocycles. The number of nitrogens with one attached hydrogen (secondary N) is 2. The summed E-state index contributed by atoms with van der Waals surface area (Å²) in [7, 11) is 0. The zero-order chi connectivity index (χ0) is 16.7. The van der Waals surface area contributed by atoms with Crippen LogP contribution in [0.2, 0.25) is 0 Å². The molecule has 0 radical (unpaired) electrons. The summed E-state index contributed by atoms with van der Waals surface area (Å²) in [5.74, 6) is 2.54. The van der Waals surface area contributed by atoms with Crippen molar-refractivity contribution in [2.24, 2.45) is 4.99 Å². The molecular weight excluding hydrogens is 284 g/mol. The van der Waals surface area contributed by atoms with Crippen molar-refractivity contribution in [3.8, 4) is 12.3 Å². The van der Waals surface area contributed by atoms with Crippen molar-refractivity contribution in [1.29, 1.82) is 0 Å². The van der Waals surface area contributed by atoms with Crippen molar-refractivity contribution < 1.29 is 0 Å². The van der Waals surface area contributed by atoms with Crippen LogP contribution in [0.25, 0.3) is 0 Å². The normalized spacial score (nSPS) is 16.0. The molecule has 4 heteroatoms. The number of hydrogen-bond donors (Lipinski definition) is 2. The van der Waals surface area contributed by atoms with Gasteiger partial charge in [-0.15, -0.1) is 6.42 Å². The summed E-state index contributed by atoms with van der Waals surface area (Å²) < 4.78 is 0. The fraction of sp³-hybridized carbons (Fsp3) is 0.316. The second kappa shape index (κ2) is 8.21. The van der Waals surface area contributed by atoms with Crippen molar-refractivity contribution in [2.75, 3.05) is 36.4 Å². The number of rotatable bonds is 5. The molecule has 2 rings (SSSR count). The zero-order valence-electron chi connectivity index (χ0n) is 13.9. The van der Waals surface area contributed by atoms with Gasteiger partial charge < -0.3 is 15.5 Å². The summed E-state index contributed by atoms with van der Waals surface area (Å²) in [6.45, 7) is 11.8. The highest BCUT2D eigenvalue weighted by molar-refractivity contribution is 5.98. The largest absolute Gasteiger partial charge is 0.367 e. The van der Waals surface area contributed by atoms with Gasteiger partial charge in [-0.2, -0.15) is 0 Å². The van der Waals surface area contributed by atoms with Gasteiger partial charge in [0.05, 0.1) is 28.5 Å². The van der Waals surface area contributed by atoms with Crippen molar-refractivity contribution in [3.05, 3.63) is 48.3 Å². The minimum atomic E-state index is 0.636. The first-order valence-electron chi connectivity index (χ1n) is 7.85. The minimum absolute atomic E-state index is 0.636. The lowest BCUT2D eigenvalue weighted by Crippen LogP contribution is -2.43. The molecule has 4 nitrogen and oxygen atoms in total. The number of piperazine rings is 1. The Kier molecular flexibility index (Phi) is 6.02. The highest BCUT2D eigenvalue weighted by atomic mass is 15.2. The van der Waals surface area contributed by atoms with E-state index in [1.165, 1.54) is 5.69 Å². The number of anilines is 2. The van der Waals surface area contributed by atoms with Crippen LogP contribution in [0.3, 0.4) is 0 Å². The lowest BCUT2D eigenvalue weighted by Gasteiger charge is -2.31. The van der Waals surface area contributed by atoms with E-state index < -0.39 is 0 Å². The Morgan fingerprint density at radius 2 is 2.09 bits per heavy atom. The van der Waals surface area contributed by atoms with Crippen LogP contribution < -0.4 is 15.5 Å². The molecule has 0 atom stereocenters. The molecule has 1 fully saturated rings. The molecule has 1 heterocycles. The summed E-state index contributed by atoms with van der Waals surface area (Å²) in [6.07, 6.45) is 7.29. The van der Waals surface area contributed by atoms with E-state index in [2.05, 4.69) is 51.2 Å². The first-order chi connectivity index (χ1) is 11.2. The predicted octanol–water partition coefficient (Wildman–Crippen LogP) is 3.02. The number of hydrogen-bond acceptors (Lipinski definition) is 4. The van der Waals surface area contributed by atoms with E-state index in [1.807, 2.05) is 26.0 Å². The molecule has 1 aliphatic heterocycles. The van der Waals surface area contributed by atoms with Crippen molar-refractivity contribution in [2.45, 2.75) is 13.8 Å². The van der Waals surface area contributed by atoms with Crippen molar-refractivity contribution in [3.63, 3.8) is 0 Å². The smallest absolute Gasteiger partial charge is 0.0873 e. The lowest BCUT2D eigenvalue weighted by atomic mass is 10.2. The molecule has 0 aliphatic carbocycles. The Morgan fingerprint density at radius 3 is 2.74 bits per heavy atom. The molecule has 1 saturated heterocycles. The number of terminal acetylenes is 1. The summed E-state index contributed by atoms with van der Waals surface area (Å²) in [5, 5.41) is 6.76. The van der Waals surface area contributed by atoms with Gasteiger partial charge in [-0.05, 0) is 26.0 Å². The van der Waals surface area contributed by atoms with Gasteiger partial charge in [-0.3, -0.25) is 0 Å². The van der Waals surface area contributed by atoms with Gasteiger partial charge in [0.15, 0.2) is 0 Å². The molecule has 1 aliphatic rings. The fourth-order valence-electron chi connectivity index (χ4n) is 2.51. The second-order valence-electron chi connectivity index (χ2n) is 5.37. The van der Waals surface area contributed by atoms with Crippen LogP contribution >= 0.6 is 0 Å². The average Bonchev–Trinajstić information content (AvgIpc) is 2.60. The third kappa shape index (κ3) is 4.48. The molecular formula is C19H24N4. The second-order valence-corrected chi connectivity index (χ2v) is 5.37. The maximum atomic E-state index is 5.38. The Labute approximate surface area is 139 Å². The van der Waals surface area contributed by atoms with Gasteiger partial charge in [-0.1, -0.05) is 30.7 Å². The highest BCUT2D eigenvalue weighted by Gasteiger charge is 2.14. The number of allylic oxidation sites excluding steroid dienone is 1. The van der Waals surface area contributed by atoms with Crippen LogP contribution in [0, 0.1) is 12.3 Å². The number of benzene rings is 1. The summed E-state index contributed by atoms with van der Waals surface area (Å²) in [6, 6.07) is 8.27. The Balaban J connectivity index is 2.20. The van der Waals surface area contributed by atoms with Gasteiger partial charge in [0.2, 0.25) is 0 Å². The Hall–Kier alpha value is -2.51. The van der Waals surface area contributed by atoms with Crippen LogP contribution in [-0.2, 0) is 0 Å². The van der Waals surface area contributed by atoms with Gasteiger partial charge in [0.25, 0.3) is 0 Å². The third-order valence-electron chi connectivity index (χ3n) is 3.73. The van der Waals surface area contributed by atoms with E-state index in [0.29, 0.717) is 5.71 Å². The van der Waals surface area contributed by atoms with Crippen LogP contribution in [0.4, 0.5) is 11.4 Å². The Morgan fingerprint density at radius 1 is 1.39 bits per heavy atom. The first-order valence-corrected chi connectivity index (χ1v) is 7.85. The lowest BCUT2D eigenvalue weighted by molar-refractivity contribution is 0.589. The van der Waals surface area contributed by atoms with Gasteiger partial charge >= 0.3 is 0 Å². The first kappa shape index (κ1) is 16.9. The zero-order valence-corrected chi connectivity index (χ0v) is 13.9. The van der Waals surface area contributed by atoms with Crippen LogP contribution in [0.15, 0.2) is 53.3 Å². The maximum absolute atomic E-state index is 5.38. The van der Waals surface area contributed by atoms with Crippen molar-refractivity contribution >= 4 is 17.1 Å². The van der Waals surface area contributed by atoms with E-state index in [9.17, 15) is 0 Å². The SMILES string of the molecule is C#C/C(C)=N/C(=C\C)C(=C)Nc1ccccc1N1CCNCC1. The molecule has 0 unspecified atom stereocenters. The Bertz CT molecular complexity index is 658. The summed E-state index contributed by atoms with van der Waals surface area (Å²) in [5.41, 5.74) is 4.35. The fourth-order valence-corrected chi connectivity index (χ4v) is 2.51.